The first-order valence-corrected chi connectivity index (χ1v) is 5.62. The molecule has 1 atom stereocenters. The number of nitrogens with two attached hydrogens (primary N) is 1. The van der Waals surface area contributed by atoms with E-state index in [-0.39, 0.29) is 12.0 Å². The normalized spacial score (nSPS) is 11.7. The smallest absolute Gasteiger partial charge is 0.326 e. The minimum atomic E-state index is -1.39. The summed E-state index contributed by atoms with van der Waals surface area (Å²) in [5.41, 5.74) is 4.78. The zero-order chi connectivity index (χ0) is 15.3. The number of carboxylic acids is 2. The van der Waals surface area contributed by atoms with Crippen LogP contribution in [0.3, 0.4) is 0 Å². The largest absolute Gasteiger partial charge is 0.481 e. The molecule has 0 heterocycles. The van der Waals surface area contributed by atoms with Gasteiger partial charge in [0.15, 0.2) is 0 Å². The monoisotopic (exact) mass is 284 g/mol. The van der Waals surface area contributed by atoms with E-state index < -0.39 is 41.8 Å². The maximum absolute atomic E-state index is 13.2. The molecule has 0 fully saturated rings. The van der Waals surface area contributed by atoms with Crippen molar-refractivity contribution in [2.45, 2.75) is 18.9 Å². The highest BCUT2D eigenvalue weighted by Gasteiger charge is 2.23. The first-order chi connectivity index (χ1) is 9.32. The van der Waals surface area contributed by atoms with Gasteiger partial charge in [-0.1, -0.05) is 6.07 Å². The van der Waals surface area contributed by atoms with Gasteiger partial charge in [0.1, 0.15) is 11.9 Å². The molecule has 0 aliphatic heterocycles. The van der Waals surface area contributed by atoms with Crippen molar-refractivity contribution in [2.75, 3.05) is 5.73 Å². The molecule has 0 radical (unpaired) electrons. The second-order valence-electron chi connectivity index (χ2n) is 4.00. The van der Waals surface area contributed by atoms with Gasteiger partial charge >= 0.3 is 11.9 Å². The number of nitrogens with one attached hydrogen (secondary N) is 1. The van der Waals surface area contributed by atoms with Gasteiger partial charge in [0.25, 0.3) is 5.91 Å². The van der Waals surface area contributed by atoms with Crippen molar-refractivity contribution in [3.05, 3.63) is 29.6 Å². The van der Waals surface area contributed by atoms with Gasteiger partial charge in [-0.25, -0.2) is 9.18 Å². The summed E-state index contributed by atoms with van der Waals surface area (Å²) < 4.78 is 13.2. The maximum atomic E-state index is 13.2. The van der Waals surface area contributed by atoms with Crippen LogP contribution in [-0.2, 0) is 9.59 Å². The first kappa shape index (κ1) is 15.4. The third-order valence-electron chi connectivity index (χ3n) is 2.55. The van der Waals surface area contributed by atoms with Crippen molar-refractivity contribution < 1.29 is 29.0 Å². The summed E-state index contributed by atoms with van der Waals surface area (Å²) in [4.78, 5) is 33.1. The van der Waals surface area contributed by atoms with Gasteiger partial charge in [0.2, 0.25) is 0 Å². The van der Waals surface area contributed by atoms with Gasteiger partial charge in [-0.05, 0) is 18.6 Å². The van der Waals surface area contributed by atoms with Gasteiger partial charge in [-0.3, -0.25) is 9.59 Å². The zero-order valence-electron chi connectivity index (χ0n) is 10.3. The molecule has 7 nitrogen and oxygen atoms in total. The number of benzene rings is 1. The predicted octanol–water partition coefficient (Wildman–Crippen LogP) is 0.456. The SMILES string of the molecule is Nc1c(F)cccc1C(=O)NC(CCC(=O)O)C(=O)O. The Balaban J connectivity index is 2.83. The van der Waals surface area contributed by atoms with E-state index in [2.05, 4.69) is 5.32 Å². The highest BCUT2D eigenvalue weighted by Crippen LogP contribution is 2.16. The van der Waals surface area contributed by atoms with Crippen LogP contribution in [0.1, 0.15) is 23.2 Å². The number of anilines is 1. The van der Waals surface area contributed by atoms with Crippen LogP contribution in [0.25, 0.3) is 0 Å². The minimum Gasteiger partial charge on any atom is -0.481 e. The molecule has 1 unspecified atom stereocenters. The molecule has 0 saturated carbocycles. The van der Waals surface area contributed by atoms with Crippen molar-refractivity contribution in [3.8, 4) is 0 Å². The van der Waals surface area contributed by atoms with Crippen LogP contribution in [0.15, 0.2) is 18.2 Å². The van der Waals surface area contributed by atoms with Crippen molar-refractivity contribution in [1.82, 2.24) is 5.32 Å². The number of para-hydroxylation sites is 1. The third kappa shape index (κ3) is 3.94. The van der Waals surface area contributed by atoms with Crippen molar-refractivity contribution in [2.24, 2.45) is 0 Å². The Morgan fingerprint density at radius 2 is 1.95 bits per heavy atom. The summed E-state index contributed by atoms with van der Waals surface area (Å²) in [6.45, 7) is 0. The fourth-order valence-corrected chi connectivity index (χ4v) is 1.50. The number of carbonyl (C=O) groups excluding carboxylic acids is 1. The Morgan fingerprint density at radius 1 is 1.30 bits per heavy atom. The number of amides is 1. The lowest BCUT2D eigenvalue weighted by atomic mass is 10.1. The van der Waals surface area contributed by atoms with E-state index >= 15 is 0 Å². The summed E-state index contributed by atoms with van der Waals surface area (Å²) in [5.74, 6) is -4.24. The molecule has 0 aliphatic rings. The molecule has 20 heavy (non-hydrogen) atoms. The van der Waals surface area contributed by atoms with Gasteiger partial charge in [0, 0.05) is 6.42 Å². The molecule has 1 rings (SSSR count). The summed E-state index contributed by atoms with van der Waals surface area (Å²) in [6, 6.07) is 2.17. The molecule has 1 aromatic rings. The lowest BCUT2D eigenvalue weighted by molar-refractivity contribution is -0.140. The number of carboxylic acid groups (broad SMARTS) is 2. The lowest BCUT2D eigenvalue weighted by Crippen LogP contribution is -2.41. The molecule has 8 heteroatoms. The molecule has 108 valence electrons. The molecular formula is C12H13FN2O5. The summed E-state index contributed by atoms with van der Waals surface area (Å²) in [6.07, 6.45) is -0.707. The summed E-state index contributed by atoms with van der Waals surface area (Å²) >= 11 is 0. The van der Waals surface area contributed by atoms with E-state index in [1.54, 1.807) is 0 Å². The molecule has 0 spiro atoms. The summed E-state index contributed by atoms with van der Waals surface area (Å²) in [7, 11) is 0. The molecule has 0 aromatic heterocycles. The third-order valence-corrected chi connectivity index (χ3v) is 2.55. The van der Waals surface area contributed by atoms with Crippen LogP contribution in [0, 0.1) is 5.82 Å². The highest BCUT2D eigenvalue weighted by atomic mass is 19.1. The van der Waals surface area contributed by atoms with E-state index in [1.165, 1.54) is 12.1 Å². The quantitative estimate of drug-likeness (QED) is 0.561. The lowest BCUT2D eigenvalue weighted by Gasteiger charge is -2.14. The number of hydrogen-bond donors (Lipinski definition) is 4. The second kappa shape index (κ2) is 6.50. The van der Waals surface area contributed by atoms with Gasteiger partial charge in [0.05, 0.1) is 11.3 Å². The van der Waals surface area contributed by atoms with Crippen molar-refractivity contribution >= 4 is 23.5 Å². The Morgan fingerprint density at radius 3 is 2.50 bits per heavy atom. The van der Waals surface area contributed by atoms with E-state index in [4.69, 9.17) is 15.9 Å². The Bertz CT molecular complexity index is 547. The Labute approximate surface area is 113 Å². The Kier molecular flexibility index (Phi) is 5.01. The highest BCUT2D eigenvalue weighted by molar-refractivity contribution is 6.00. The number of aliphatic carboxylic acids is 2. The zero-order valence-corrected chi connectivity index (χ0v) is 10.3. The maximum Gasteiger partial charge on any atom is 0.326 e. The van der Waals surface area contributed by atoms with Crippen molar-refractivity contribution in [1.29, 1.82) is 0 Å². The molecule has 5 N–H and O–H groups in total. The van der Waals surface area contributed by atoms with Crippen LogP contribution < -0.4 is 11.1 Å². The van der Waals surface area contributed by atoms with Crippen molar-refractivity contribution in [3.63, 3.8) is 0 Å². The van der Waals surface area contributed by atoms with E-state index in [1.807, 2.05) is 0 Å². The fraction of sp³-hybridized carbons (Fsp3) is 0.250. The van der Waals surface area contributed by atoms with E-state index in [0.717, 1.165) is 6.07 Å². The van der Waals surface area contributed by atoms with Gasteiger partial charge in [-0.2, -0.15) is 0 Å². The first-order valence-electron chi connectivity index (χ1n) is 5.62. The van der Waals surface area contributed by atoms with Crippen LogP contribution in [0.4, 0.5) is 10.1 Å². The number of rotatable bonds is 6. The number of nitrogen functional groups attached to an aromatic ring is 1. The minimum absolute atomic E-state index is 0.202. The fourth-order valence-electron chi connectivity index (χ4n) is 1.50. The van der Waals surface area contributed by atoms with Crippen LogP contribution in [0.5, 0.6) is 0 Å². The summed E-state index contributed by atoms with van der Waals surface area (Å²) in [5, 5.41) is 19.5. The molecule has 1 amide bonds. The number of halogens is 1. The molecule has 0 saturated heterocycles. The van der Waals surface area contributed by atoms with E-state index in [0.29, 0.717) is 0 Å². The van der Waals surface area contributed by atoms with Crippen LogP contribution in [-0.4, -0.2) is 34.1 Å². The predicted molar refractivity (Wildman–Crippen MR) is 66.6 cm³/mol. The van der Waals surface area contributed by atoms with Gasteiger partial charge in [-0.15, -0.1) is 0 Å². The molecule has 0 bridgehead atoms. The number of carbonyl (C=O) groups is 3. The topological polar surface area (TPSA) is 130 Å². The van der Waals surface area contributed by atoms with Gasteiger partial charge < -0.3 is 21.3 Å². The number of hydrogen-bond acceptors (Lipinski definition) is 4. The average molecular weight is 284 g/mol. The molecular weight excluding hydrogens is 271 g/mol. The van der Waals surface area contributed by atoms with Crippen LogP contribution >= 0.6 is 0 Å². The van der Waals surface area contributed by atoms with E-state index in [9.17, 15) is 18.8 Å². The molecule has 1 aromatic carbocycles. The standard InChI is InChI=1S/C12H13FN2O5/c13-7-3-1-2-6(10(7)14)11(18)15-8(12(19)20)4-5-9(16)17/h1-3,8H,4-5,14H2,(H,15,18)(H,16,17)(H,19,20). The Hall–Kier alpha value is -2.64. The van der Waals surface area contributed by atoms with Crippen LogP contribution in [0.2, 0.25) is 0 Å². The average Bonchev–Trinajstić information content (AvgIpc) is 2.36. The second-order valence-corrected chi connectivity index (χ2v) is 4.00. The molecule has 0 aliphatic carbocycles.